The third-order valence-corrected chi connectivity index (χ3v) is 4.33. The molecule has 5 nitrogen and oxygen atoms in total. The first-order valence-corrected chi connectivity index (χ1v) is 8.40. The monoisotopic (exact) mass is 364 g/mol. The van der Waals surface area contributed by atoms with Gasteiger partial charge >= 0.3 is 0 Å². The van der Waals surface area contributed by atoms with Crippen molar-refractivity contribution in [1.29, 1.82) is 0 Å². The third-order valence-electron chi connectivity index (χ3n) is 4.33. The number of furan rings is 1. The fourth-order valence-corrected chi connectivity index (χ4v) is 3.02. The molecule has 0 aliphatic heterocycles. The smallest absolute Gasteiger partial charge is 0.272 e. The van der Waals surface area contributed by atoms with E-state index in [0.717, 1.165) is 11.1 Å². The number of rotatable bonds is 5. The number of carbonyl (C=O) groups is 1. The molecule has 0 atom stereocenters. The van der Waals surface area contributed by atoms with Gasteiger partial charge in [0.05, 0.1) is 18.9 Å². The van der Waals surface area contributed by atoms with Crippen LogP contribution in [0, 0.1) is 5.82 Å². The Morgan fingerprint density at radius 3 is 2.70 bits per heavy atom. The van der Waals surface area contributed by atoms with Crippen molar-refractivity contribution in [2.24, 2.45) is 0 Å². The van der Waals surface area contributed by atoms with E-state index in [2.05, 4.69) is 5.32 Å². The van der Waals surface area contributed by atoms with Crippen molar-refractivity contribution in [2.45, 2.75) is 6.54 Å². The first-order valence-electron chi connectivity index (χ1n) is 8.40. The predicted molar refractivity (Wildman–Crippen MR) is 101 cm³/mol. The quantitative estimate of drug-likeness (QED) is 0.559. The Morgan fingerprint density at radius 2 is 1.96 bits per heavy atom. The number of fused-ring (bicyclic) bond motifs is 1. The minimum Gasteiger partial charge on any atom is -0.497 e. The van der Waals surface area contributed by atoms with Crippen LogP contribution in [0.1, 0.15) is 16.1 Å². The van der Waals surface area contributed by atoms with Crippen molar-refractivity contribution in [3.8, 4) is 5.75 Å². The molecule has 0 aliphatic carbocycles. The number of anilines is 1. The van der Waals surface area contributed by atoms with Gasteiger partial charge in [-0.05, 0) is 42.0 Å². The normalized spacial score (nSPS) is 10.9. The molecule has 2 heterocycles. The van der Waals surface area contributed by atoms with E-state index in [4.69, 9.17) is 9.15 Å². The molecule has 0 fully saturated rings. The maximum absolute atomic E-state index is 13.5. The van der Waals surface area contributed by atoms with Gasteiger partial charge in [0.25, 0.3) is 5.91 Å². The summed E-state index contributed by atoms with van der Waals surface area (Å²) in [4.78, 5) is 12.8. The zero-order chi connectivity index (χ0) is 18.8. The van der Waals surface area contributed by atoms with Crippen molar-refractivity contribution in [2.75, 3.05) is 12.4 Å². The first-order chi connectivity index (χ1) is 13.1. The number of aromatic nitrogens is 1. The molecule has 27 heavy (non-hydrogen) atoms. The Morgan fingerprint density at radius 1 is 1.15 bits per heavy atom. The summed E-state index contributed by atoms with van der Waals surface area (Å²) in [6, 6.07) is 16.9. The second-order valence-corrected chi connectivity index (χ2v) is 6.10. The third kappa shape index (κ3) is 3.42. The average Bonchev–Trinajstić information content (AvgIpc) is 3.25. The van der Waals surface area contributed by atoms with Crippen LogP contribution in [-0.4, -0.2) is 17.6 Å². The molecule has 136 valence electrons. The van der Waals surface area contributed by atoms with Crippen LogP contribution in [0.4, 0.5) is 10.1 Å². The van der Waals surface area contributed by atoms with E-state index >= 15 is 0 Å². The summed E-state index contributed by atoms with van der Waals surface area (Å²) < 4.78 is 25.9. The number of benzene rings is 2. The molecule has 0 aliphatic rings. The Balaban J connectivity index is 1.66. The highest BCUT2D eigenvalue weighted by Gasteiger charge is 2.18. The zero-order valence-corrected chi connectivity index (χ0v) is 14.6. The summed E-state index contributed by atoms with van der Waals surface area (Å²) in [7, 11) is 1.59. The van der Waals surface area contributed by atoms with Crippen molar-refractivity contribution >= 4 is 22.7 Å². The number of ether oxygens (including phenoxy) is 1. The standard InChI is InChI=1S/C21H17FN2O3/c1-26-17-7-5-16(6-8-17)23-21(25)19-12-20-18(9-10-27-20)24(19)13-14-3-2-4-15(22)11-14/h2-12H,13H2,1H3,(H,23,25). The van der Waals surface area contributed by atoms with Crippen molar-refractivity contribution in [3.05, 3.63) is 84.0 Å². The molecular formula is C21H17FN2O3. The number of halogens is 1. The van der Waals surface area contributed by atoms with Crippen LogP contribution in [0.3, 0.4) is 0 Å². The summed E-state index contributed by atoms with van der Waals surface area (Å²) in [6.07, 6.45) is 1.57. The lowest BCUT2D eigenvalue weighted by Crippen LogP contribution is -2.17. The van der Waals surface area contributed by atoms with E-state index < -0.39 is 0 Å². The summed E-state index contributed by atoms with van der Waals surface area (Å²) in [5, 5.41) is 2.87. The highest BCUT2D eigenvalue weighted by atomic mass is 19.1. The molecule has 0 radical (unpaired) electrons. The lowest BCUT2D eigenvalue weighted by atomic mass is 10.2. The molecule has 0 bridgehead atoms. The van der Waals surface area contributed by atoms with Crippen LogP contribution in [0.2, 0.25) is 0 Å². The van der Waals surface area contributed by atoms with Gasteiger partial charge in [0, 0.05) is 24.4 Å². The van der Waals surface area contributed by atoms with Crippen LogP contribution in [0.5, 0.6) is 5.75 Å². The predicted octanol–water partition coefficient (Wildman–Crippen LogP) is 4.68. The molecule has 0 unspecified atom stereocenters. The maximum Gasteiger partial charge on any atom is 0.272 e. The number of amides is 1. The number of hydrogen-bond donors (Lipinski definition) is 1. The minimum absolute atomic E-state index is 0.275. The Kier molecular flexibility index (Phi) is 4.38. The van der Waals surface area contributed by atoms with Gasteiger partial charge in [-0.1, -0.05) is 12.1 Å². The van der Waals surface area contributed by atoms with Gasteiger partial charge in [-0.2, -0.15) is 0 Å². The van der Waals surface area contributed by atoms with Crippen molar-refractivity contribution in [3.63, 3.8) is 0 Å². The molecule has 1 amide bonds. The van der Waals surface area contributed by atoms with E-state index in [1.165, 1.54) is 12.1 Å². The first kappa shape index (κ1) is 16.9. The summed E-state index contributed by atoms with van der Waals surface area (Å²) in [6.45, 7) is 0.353. The number of nitrogens with one attached hydrogen (secondary N) is 1. The molecule has 0 saturated carbocycles. The Labute approximate surface area is 155 Å². The molecular weight excluding hydrogens is 347 g/mol. The maximum atomic E-state index is 13.5. The second kappa shape index (κ2) is 6.99. The molecule has 4 rings (SSSR count). The molecule has 2 aromatic heterocycles. The number of carbonyl (C=O) groups excluding carboxylic acids is 1. The topological polar surface area (TPSA) is 56.4 Å². The van der Waals surface area contributed by atoms with Gasteiger partial charge in [-0.15, -0.1) is 0 Å². The summed E-state index contributed by atoms with van der Waals surface area (Å²) in [5.74, 6) is 0.121. The van der Waals surface area contributed by atoms with Gasteiger partial charge in [-0.25, -0.2) is 4.39 Å². The number of hydrogen-bond acceptors (Lipinski definition) is 3. The number of methoxy groups -OCH3 is 1. The van der Waals surface area contributed by atoms with Gasteiger partial charge < -0.3 is 19.0 Å². The minimum atomic E-state index is -0.313. The van der Waals surface area contributed by atoms with E-state index in [9.17, 15) is 9.18 Å². The second-order valence-electron chi connectivity index (χ2n) is 6.10. The fourth-order valence-electron chi connectivity index (χ4n) is 3.02. The lowest BCUT2D eigenvalue weighted by Gasteiger charge is -2.11. The van der Waals surface area contributed by atoms with Crippen LogP contribution < -0.4 is 10.1 Å². The average molecular weight is 364 g/mol. The van der Waals surface area contributed by atoms with Gasteiger partial charge in [0.1, 0.15) is 17.3 Å². The highest BCUT2D eigenvalue weighted by Crippen LogP contribution is 2.24. The molecule has 0 saturated heterocycles. The van der Waals surface area contributed by atoms with Crippen LogP contribution in [0.15, 0.2) is 71.3 Å². The van der Waals surface area contributed by atoms with Crippen LogP contribution >= 0.6 is 0 Å². The fraction of sp³-hybridized carbons (Fsp3) is 0.0952. The van der Waals surface area contributed by atoms with Crippen molar-refractivity contribution in [1.82, 2.24) is 4.57 Å². The zero-order valence-electron chi connectivity index (χ0n) is 14.6. The van der Waals surface area contributed by atoms with Gasteiger partial charge in [-0.3, -0.25) is 4.79 Å². The molecule has 1 N–H and O–H groups in total. The van der Waals surface area contributed by atoms with Crippen LogP contribution in [0.25, 0.3) is 11.1 Å². The van der Waals surface area contributed by atoms with E-state index in [1.807, 2.05) is 10.6 Å². The summed E-state index contributed by atoms with van der Waals surface area (Å²) >= 11 is 0. The van der Waals surface area contributed by atoms with E-state index in [1.54, 1.807) is 55.8 Å². The molecule has 6 heteroatoms. The Bertz CT molecular complexity index is 1100. The largest absolute Gasteiger partial charge is 0.497 e. The molecule has 4 aromatic rings. The number of nitrogens with zero attached hydrogens (tertiary/aromatic N) is 1. The van der Waals surface area contributed by atoms with Crippen molar-refractivity contribution < 1.29 is 18.3 Å². The molecule has 0 spiro atoms. The SMILES string of the molecule is COc1ccc(NC(=O)c2cc3occc3n2Cc2cccc(F)c2)cc1. The molecule has 2 aromatic carbocycles. The lowest BCUT2D eigenvalue weighted by molar-refractivity contribution is 0.101. The van der Waals surface area contributed by atoms with E-state index in [-0.39, 0.29) is 11.7 Å². The van der Waals surface area contributed by atoms with E-state index in [0.29, 0.717) is 29.3 Å². The van der Waals surface area contributed by atoms with Crippen LogP contribution in [-0.2, 0) is 6.54 Å². The Hall–Kier alpha value is -3.54. The van der Waals surface area contributed by atoms with Gasteiger partial charge in [0.2, 0.25) is 0 Å². The highest BCUT2D eigenvalue weighted by molar-refractivity contribution is 6.05. The van der Waals surface area contributed by atoms with Gasteiger partial charge in [0.15, 0.2) is 5.58 Å². The summed E-state index contributed by atoms with van der Waals surface area (Å²) in [5.41, 5.74) is 3.22.